The van der Waals surface area contributed by atoms with Gasteiger partial charge in [0.1, 0.15) is 11.5 Å². The average Bonchev–Trinajstić information content (AvgIpc) is 2.70. The lowest BCUT2D eigenvalue weighted by Crippen LogP contribution is -2.49. The van der Waals surface area contributed by atoms with Crippen LogP contribution >= 0.6 is 0 Å². The lowest BCUT2D eigenvalue weighted by atomic mass is 10.1. The maximum Gasteiger partial charge on any atom is 0.387 e. The van der Waals surface area contributed by atoms with Crippen LogP contribution in [-0.2, 0) is 11.2 Å². The normalized spacial score (nSPS) is 14.8. The molecule has 6 nitrogen and oxygen atoms in total. The molecule has 0 bridgehead atoms. The quantitative estimate of drug-likeness (QED) is 0.707. The van der Waals surface area contributed by atoms with E-state index < -0.39 is 6.61 Å². The van der Waals surface area contributed by atoms with Crippen LogP contribution in [0.5, 0.6) is 11.5 Å². The molecular formula is C21H25F2N3O3. The molecule has 156 valence electrons. The number of carbonyl (C=O) groups is 1. The fourth-order valence-corrected chi connectivity index (χ4v) is 3.27. The molecule has 0 aliphatic carbocycles. The van der Waals surface area contributed by atoms with Gasteiger partial charge in [0.05, 0.1) is 6.54 Å². The molecule has 2 N–H and O–H groups in total. The third-order valence-electron chi connectivity index (χ3n) is 4.84. The van der Waals surface area contributed by atoms with E-state index in [-0.39, 0.29) is 17.4 Å². The summed E-state index contributed by atoms with van der Waals surface area (Å²) in [5, 5.41) is 12.3. The zero-order chi connectivity index (χ0) is 20.6. The van der Waals surface area contributed by atoms with Gasteiger partial charge in [-0.2, -0.15) is 8.78 Å². The van der Waals surface area contributed by atoms with Crippen molar-refractivity contribution < 1.29 is 23.4 Å². The molecule has 0 atom stereocenters. The van der Waals surface area contributed by atoms with Gasteiger partial charge in [0.25, 0.3) is 0 Å². The lowest BCUT2D eigenvalue weighted by Gasteiger charge is -2.35. The van der Waals surface area contributed by atoms with Crippen LogP contribution in [0.4, 0.5) is 14.5 Å². The van der Waals surface area contributed by atoms with Crippen LogP contribution in [0, 0.1) is 0 Å². The highest BCUT2D eigenvalue weighted by atomic mass is 19.3. The number of aromatic hydroxyl groups is 1. The van der Waals surface area contributed by atoms with Crippen molar-refractivity contribution in [3.63, 3.8) is 0 Å². The van der Waals surface area contributed by atoms with Gasteiger partial charge in [-0.1, -0.05) is 12.1 Å². The lowest BCUT2D eigenvalue weighted by molar-refractivity contribution is -0.122. The van der Waals surface area contributed by atoms with Gasteiger partial charge in [-0.05, 0) is 48.4 Å². The van der Waals surface area contributed by atoms with Crippen LogP contribution in [0.25, 0.3) is 0 Å². The molecule has 0 radical (unpaired) electrons. The van der Waals surface area contributed by atoms with E-state index in [2.05, 4.69) is 19.9 Å². The number of nitrogens with one attached hydrogen (secondary N) is 1. The van der Waals surface area contributed by atoms with Crippen LogP contribution < -0.4 is 15.0 Å². The molecule has 2 aromatic rings. The molecule has 0 saturated carbocycles. The Morgan fingerprint density at radius 2 is 1.69 bits per heavy atom. The van der Waals surface area contributed by atoms with Gasteiger partial charge in [0.2, 0.25) is 5.91 Å². The second-order valence-corrected chi connectivity index (χ2v) is 6.90. The van der Waals surface area contributed by atoms with Gasteiger partial charge in [-0.3, -0.25) is 9.69 Å². The van der Waals surface area contributed by atoms with Crippen LogP contribution in [0.2, 0.25) is 0 Å². The zero-order valence-electron chi connectivity index (χ0n) is 16.1. The summed E-state index contributed by atoms with van der Waals surface area (Å²) in [5.41, 5.74) is 2.01. The van der Waals surface area contributed by atoms with Gasteiger partial charge in [0, 0.05) is 38.4 Å². The van der Waals surface area contributed by atoms with E-state index in [1.165, 1.54) is 12.1 Å². The van der Waals surface area contributed by atoms with Crippen LogP contribution in [-0.4, -0.2) is 61.8 Å². The summed E-state index contributed by atoms with van der Waals surface area (Å²) in [6.07, 6.45) is 0.620. The highest BCUT2D eigenvalue weighted by Gasteiger charge is 2.19. The largest absolute Gasteiger partial charge is 0.508 e. The van der Waals surface area contributed by atoms with E-state index in [0.717, 1.165) is 37.4 Å². The third-order valence-corrected chi connectivity index (χ3v) is 4.84. The first kappa shape index (κ1) is 20.9. The molecule has 1 heterocycles. The smallest absolute Gasteiger partial charge is 0.387 e. The monoisotopic (exact) mass is 405 g/mol. The number of ether oxygens (including phenoxy) is 1. The predicted octanol–water partition coefficient (Wildman–Crippen LogP) is 2.47. The van der Waals surface area contributed by atoms with E-state index in [4.69, 9.17) is 0 Å². The van der Waals surface area contributed by atoms with Crippen molar-refractivity contribution >= 4 is 11.6 Å². The standard InChI is InChI=1S/C21H25F2N3O3/c22-21(23)29-19-7-1-16(2-8-19)9-10-24-20(28)15-25-11-13-26(14-12-25)17-3-5-18(27)6-4-17/h1-8,21,27H,9-15H2,(H,24,28). The Balaban J connectivity index is 1.34. The van der Waals surface area contributed by atoms with E-state index >= 15 is 0 Å². The molecule has 0 spiro atoms. The summed E-state index contributed by atoms with van der Waals surface area (Å²) in [5.74, 6) is 0.349. The van der Waals surface area contributed by atoms with E-state index in [1.807, 2.05) is 12.1 Å². The summed E-state index contributed by atoms with van der Waals surface area (Å²) >= 11 is 0. The Morgan fingerprint density at radius 3 is 2.31 bits per heavy atom. The zero-order valence-corrected chi connectivity index (χ0v) is 16.1. The van der Waals surface area contributed by atoms with Gasteiger partial charge >= 0.3 is 6.61 Å². The molecule has 0 unspecified atom stereocenters. The van der Waals surface area contributed by atoms with Crippen molar-refractivity contribution in [2.45, 2.75) is 13.0 Å². The minimum absolute atomic E-state index is 0.0271. The molecule has 0 aromatic heterocycles. The van der Waals surface area contributed by atoms with Crippen molar-refractivity contribution in [2.24, 2.45) is 0 Å². The molecule has 1 aliphatic heterocycles. The van der Waals surface area contributed by atoms with E-state index in [1.54, 1.807) is 24.3 Å². The maximum atomic E-state index is 12.2. The molecule has 1 saturated heterocycles. The Bertz CT molecular complexity index is 777. The van der Waals surface area contributed by atoms with Crippen molar-refractivity contribution in [1.29, 1.82) is 0 Å². The van der Waals surface area contributed by atoms with E-state index in [0.29, 0.717) is 19.5 Å². The topological polar surface area (TPSA) is 65.0 Å². The first-order valence-electron chi connectivity index (χ1n) is 9.56. The highest BCUT2D eigenvalue weighted by Crippen LogP contribution is 2.19. The van der Waals surface area contributed by atoms with Gasteiger partial charge in [0.15, 0.2) is 0 Å². The average molecular weight is 405 g/mol. The number of piperazine rings is 1. The summed E-state index contributed by atoms with van der Waals surface area (Å²) in [6, 6.07) is 13.6. The summed E-state index contributed by atoms with van der Waals surface area (Å²) in [4.78, 5) is 16.5. The Hall–Kier alpha value is -2.87. The summed E-state index contributed by atoms with van der Waals surface area (Å²) in [6.45, 7) is 1.24. The molecular weight excluding hydrogens is 380 g/mol. The highest BCUT2D eigenvalue weighted by molar-refractivity contribution is 5.78. The number of nitrogens with zero attached hydrogens (tertiary/aromatic N) is 2. The van der Waals surface area contributed by atoms with Crippen LogP contribution in [0.1, 0.15) is 5.56 Å². The molecule has 2 aromatic carbocycles. The predicted molar refractivity (Wildman–Crippen MR) is 107 cm³/mol. The van der Waals surface area contributed by atoms with E-state index in [9.17, 15) is 18.7 Å². The second kappa shape index (κ2) is 10.1. The first-order valence-corrected chi connectivity index (χ1v) is 9.56. The Morgan fingerprint density at radius 1 is 1.03 bits per heavy atom. The van der Waals surface area contributed by atoms with Crippen molar-refractivity contribution in [3.05, 3.63) is 54.1 Å². The number of hydrogen-bond donors (Lipinski definition) is 2. The number of phenolic OH excluding ortho intramolecular Hbond substituents is 1. The number of halogens is 2. The van der Waals surface area contributed by atoms with Gasteiger partial charge < -0.3 is 20.1 Å². The number of amides is 1. The van der Waals surface area contributed by atoms with Crippen LogP contribution in [0.3, 0.4) is 0 Å². The fraction of sp³-hybridized carbons (Fsp3) is 0.381. The van der Waals surface area contributed by atoms with Gasteiger partial charge in [-0.15, -0.1) is 0 Å². The molecule has 1 fully saturated rings. The SMILES string of the molecule is O=C(CN1CCN(c2ccc(O)cc2)CC1)NCCc1ccc(OC(F)F)cc1. The number of carbonyl (C=O) groups excluding carboxylic acids is 1. The number of benzene rings is 2. The van der Waals surface area contributed by atoms with Crippen molar-refractivity contribution in [2.75, 3.05) is 44.2 Å². The first-order chi connectivity index (χ1) is 14.0. The minimum atomic E-state index is -2.83. The number of phenols is 1. The van der Waals surface area contributed by atoms with Gasteiger partial charge in [-0.25, -0.2) is 0 Å². The second-order valence-electron chi connectivity index (χ2n) is 6.90. The molecule has 8 heteroatoms. The summed E-state index contributed by atoms with van der Waals surface area (Å²) in [7, 11) is 0. The molecule has 1 amide bonds. The number of rotatable bonds is 8. The fourth-order valence-electron chi connectivity index (χ4n) is 3.27. The minimum Gasteiger partial charge on any atom is -0.508 e. The van der Waals surface area contributed by atoms with Crippen molar-refractivity contribution in [1.82, 2.24) is 10.2 Å². The third kappa shape index (κ3) is 6.60. The maximum absolute atomic E-state index is 12.2. The molecule has 1 aliphatic rings. The molecule has 3 rings (SSSR count). The van der Waals surface area contributed by atoms with Crippen molar-refractivity contribution in [3.8, 4) is 11.5 Å². The summed E-state index contributed by atoms with van der Waals surface area (Å²) < 4.78 is 28.6. The number of hydrogen-bond acceptors (Lipinski definition) is 5. The number of alkyl halides is 2. The van der Waals surface area contributed by atoms with Crippen LogP contribution in [0.15, 0.2) is 48.5 Å². The Kier molecular flexibility index (Phi) is 7.24. The number of anilines is 1. The molecule has 29 heavy (non-hydrogen) atoms. The Labute approximate surface area is 168 Å².